The molecule has 3 N–H and O–H groups in total. The molecular weight excluding hydrogens is 387 g/mol. The van der Waals surface area contributed by atoms with Crippen LogP contribution in [0.4, 0.5) is 4.39 Å². The minimum atomic E-state index is -3.98. The molecule has 0 saturated heterocycles. The van der Waals surface area contributed by atoms with Gasteiger partial charge in [-0.2, -0.15) is 5.10 Å². The van der Waals surface area contributed by atoms with Crippen molar-refractivity contribution in [1.29, 1.82) is 0 Å². The van der Waals surface area contributed by atoms with Crippen LogP contribution in [0.15, 0.2) is 45.8 Å². The average Bonchev–Trinajstić information content (AvgIpc) is 3.18. The number of nitrogens with one attached hydrogen (secondary N) is 1. The molecule has 0 aliphatic rings. The monoisotopic (exact) mass is 406 g/mol. The Morgan fingerprint density at radius 3 is 2.50 bits per heavy atom. The molecule has 3 aromatic rings. The standard InChI is InChI=1S/C18H19FN4O4S/c1-10(22-18(24)16-8-17(12(3)27-16)28(20,25)26)15-9-21-23(11(15)2)14-6-4-13(19)5-7-14/h4-10H,1-3H3,(H,22,24)(H2,20,25,26)/t10-/m1/s1. The number of nitrogens with zero attached hydrogens (tertiary/aromatic N) is 2. The molecule has 0 aliphatic heterocycles. The van der Waals surface area contributed by atoms with E-state index in [0.717, 1.165) is 17.3 Å². The number of rotatable bonds is 5. The van der Waals surface area contributed by atoms with Gasteiger partial charge in [-0.05, 0) is 45.0 Å². The smallest absolute Gasteiger partial charge is 0.287 e. The Morgan fingerprint density at radius 1 is 1.29 bits per heavy atom. The normalized spacial score (nSPS) is 12.8. The van der Waals surface area contributed by atoms with Gasteiger partial charge in [0.1, 0.15) is 16.5 Å². The summed E-state index contributed by atoms with van der Waals surface area (Å²) in [6, 6.07) is 6.53. The number of hydrogen-bond acceptors (Lipinski definition) is 5. The van der Waals surface area contributed by atoms with Gasteiger partial charge in [0.2, 0.25) is 10.0 Å². The van der Waals surface area contributed by atoms with Crippen LogP contribution in [0.2, 0.25) is 0 Å². The first kappa shape index (κ1) is 19.8. The van der Waals surface area contributed by atoms with E-state index in [1.165, 1.54) is 19.1 Å². The van der Waals surface area contributed by atoms with Gasteiger partial charge in [-0.25, -0.2) is 22.6 Å². The van der Waals surface area contributed by atoms with Crippen LogP contribution < -0.4 is 10.5 Å². The van der Waals surface area contributed by atoms with E-state index in [9.17, 15) is 17.6 Å². The summed E-state index contributed by atoms with van der Waals surface area (Å²) in [5.74, 6) is -1.04. The number of carbonyl (C=O) groups excluding carboxylic acids is 1. The van der Waals surface area contributed by atoms with Crippen molar-refractivity contribution >= 4 is 15.9 Å². The number of aryl methyl sites for hydroxylation is 1. The van der Waals surface area contributed by atoms with Crippen molar-refractivity contribution in [2.24, 2.45) is 5.14 Å². The number of aromatic nitrogens is 2. The predicted molar refractivity (Wildman–Crippen MR) is 99.0 cm³/mol. The molecule has 8 nitrogen and oxygen atoms in total. The molecule has 28 heavy (non-hydrogen) atoms. The predicted octanol–water partition coefficient (Wildman–Crippen LogP) is 2.36. The second kappa shape index (κ2) is 7.21. The van der Waals surface area contributed by atoms with Crippen LogP contribution in [0.1, 0.15) is 40.5 Å². The van der Waals surface area contributed by atoms with E-state index in [1.807, 2.05) is 6.92 Å². The highest BCUT2D eigenvalue weighted by Crippen LogP contribution is 2.22. The molecule has 148 valence electrons. The largest absolute Gasteiger partial charge is 0.455 e. The molecule has 3 rings (SSSR count). The van der Waals surface area contributed by atoms with Gasteiger partial charge in [0.25, 0.3) is 5.91 Å². The third-order valence-electron chi connectivity index (χ3n) is 4.34. The molecule has 0 bridgehead atoms. The number of hydrogen-bond donors (Lipinski definition) is 2. The Hall–Kier alpha value is -2.98. The lowest BCUT2D eigenvalue weighted by Crippen LogP contribution is -2.26. The summed E-state index contributed by atoms with van der Waals surface area (Å²) in [5, 5.41) is 12.1. The lowest BCUT2D eigenvalue weighted by Gasteiger charge is -2.13. The maximum Gasteiger partial charge on any atom is 0.287 e. The Kier molecular flexibility index (Phi) is 5.09. The highest BCUT2D eigenvalue weighted by molar-refractivity contribution is 7.89. The van der Waals surface area contributed by atoms with E-state index < -0.39 is 22.0 Å². The van der Waals surface area contributed by atoms with Crippen molar-refractivity contribution in [3.05, 3.63) is 65.1 Å². The zero-order chi connectivity index (χ0) is 20.6. The fraction of sp³-hybridized carbons (Fsp3) is 0.222. The number of amides is 1. The fourth-order valence-corrected chi connectivity index (χ4v) is 3.61. The average molecular weight is 406 g/mol. The molecule has 1 amide bonds. The molecule has 1 atom stereocenters. The van der Waals surface area contributed by atoms with E-state index in [4.69, 9.17) is 9.56 Å². The van der Waals surface area contributed by atoms with Gasteiger partial charge in [0.05, 0.1) is 17.9 Å². The first-order valence-corrected chi connectivity index (χ1v) is 9.87. The van der Waals surface area contributed by atoms with Crippen LogP contribution >= 0.6 is 0 Å². The number of sulfonamides is 1. The van der Waals surface area contributed by atoms with E-state index in [1.54, 1.807) is 29.9 Å². The lowest BCUT2D eigenvalue weighted by molar-refractivity contribution is 0.0910. The SMILES string of the molecule is Cc1oc(C(=O)N[C@H](C)c2cnn(-c3ccc(F)cc3)c2C)cc1S(N)(=O)=O. The van der Waals surface area contributed by atoms with Gasteiger partial charge in [-0.1, -0.05) is 0 Å². The molecule has 0 radical (unpaired) electrons. The van der Waals surface area contributed by atoms with Gasteiger partial charge in [-0.15, -0.1) is 0 Å². The summed E-state index contributed by atoms with van der Waals surface area (Å²) in [6.07, 6.45) is 1.60. The zero-order valence-electron chi connectivity index (χ0n) is 15.4. The molecule has 2 aromatic heterocycles. The Labute approximate surface area is 161 Å². The van der Waals surface area contributed by atoms with Crippen molar-refractivity contribution in [2.75, 3.05) is 0 Å². The van der Waals surface area contributed by atoms with E-state index in [0.29, 0.717) is 5.69 Å². The molecule has 0 aliphatic carbocycles. The minimum absolute atomic E-state index is 0.0422. The topological polar surface area (TPSA) is 120 Å². The fourth-order valence-electron chi connectivity index (χ4n) is 2.90. The van der Waals surface area contributed by atoms with Crippen LogP contribution in [0.3, 0.4) is 0 Å². The van der Waals surface area contributed by atoms with Gasteiger partial charge in [0.15, 0.2) is 5.76 Å². The summed E-state index contributed by atoms with van der Waals surface area (Å²) in [5.41, 5.74) is 2.19. The van der Waals surface area contributed by atoms with Gasteiger partial charge >= 0.3 is 0 Å². The van der Waals surface area contributed by atoms with Crippen molar-refractivity contribution in [2.45, 2.75) is 31.7 Å². The number of furan rings is 1. The lowest BCUT2D eigenvalue weighted by atomic mass is 10.1. The maximum atomic E-state index is 13.1. The minimum Gasteiger partial charge on any atom is -0.455 e. The Bertz CT molecular complexity index is 1130. The third kappa shape index (κ3) is 3.82. The van der Waals surface area contributed by atoms with Gasteiger partial charge in [-0.3, -0.25) is 4.79 Å². The van der Waals surface area contributed by atoms with E-state index >= 15 is 0 Å². The summed E-state index contributed by atoms with van der Waals surface area (Å²) in [7, 11) is -3.98. The van der Waals surface area contributed by atoms with E-state index in [-0.39, 0.29) is 22.2 Å². The Balaban J connectivity index is 1.81. The summed E-state index contributed by atoms with van der Waals surface area (Å²) in [6.45, 7) is 4.99. The molecule has 0 unspecified atom stereocenters. The highest BCUT2D eigenvalue weighted by Gasteiger charge is 2.23. The second-order valence-corrected chi connectivity index (χ2v) is 7.87. The van der Waals surface area contributed by atoms with Crippen LogP contribution in [-0.2, 0) is 10.0 Å². The van der Waals surface area contributed by atoms with Crippen molar-refractivity contribution < 1.29 is 22.0 Å². The number of halogens is 1. The molecule has 0 saturated carbocycles. The molecule has 0 fully saturated rings. The number of carbonyl (C=O) groups is 1. The van der Waals surface area contributed by atoms with Crippen molar-refractivity contribution in [3.8, 4) is 5.69 Å². The summed E-state index contributed by atoms with van der Waals surface area (Å²) >= 11 is 0. The summed E-state index contributed by atoms with van der Waals surface area (Å²) in [4.78, 5) is 12.2. The Morgan fingerprint density at radius 2 is 1.93 bits per heavy atom. The number of nitrogens with two attached hydrogens (primary N) is 1. The van der Waals surface area contributed by atoms with Crippen molar-refractivity contribution in [3.63, 3.8) is 0 Å². The number of benzene rings is 1. The summed E-state index contributed by atoms with van der Waals surface area (Å²) < 4.78 is 43.0. The molecule has 10 heteroatoms. The molecule has 0 spiro atoms. The van der Waals surface area contributed by atoms with Crippen LogP contribution in [0.25, 0.3) is 5.69 Å². The van der Waals surface area contributed by atoms with Crippen LogP contribution in [0, 0.1) is 19.7 Å². The molecular formula is C18H19FN4O4S. The van der Waals surface area contributed by atoms with Crippen LogP contribution in [0.5, 0.6) is 0 Å². The second-order valence-electron chi connectivity index (χ2n) is 6.34. The third-order valence-corrected chi connectivity index (χ3v) is 5.35. The maximum absolute atomic E-state index is 13.1. The first-order chi connectivity index (χ1) is 13.1. The number of primary sulfonamides is 1. The zero-order valence-corrected chi connectivity index (χ0v) is 16.2. The van der Waals surface area contributed by atoms with Gasteiger partial charge < -0.3 is 9.73 Å². The van der Waals surface area contributed by atoms with Gasteiger partial charge in [0, 0.05) is 17.3 Å². The molecule has 2 heterocycles. The molecule has 1 aromatic carbocycles. The highest BCUT2D eigenvalue weighted by atomic mass is 32.2. The van der Waals surface area contributed by atoms with E-state index in [2.05, 4.69) is 10.4 Å². The quantitative estimate of drug-likeness (QED) is 0.674. The first-order valence-electron chi connectivity index (χ1n) is 8.32. The van der Waals surface area contributed by atoms with Crippen molar-refractivity contribution in [1.82, 2.24) is 15.1 Å². The van der Waals surface area contributed by atoms with Crippen LogP contribution in [-0.4, -0.2) is 24.1 Å².